The van der Waals surface area contributed by atoms with Crippen molar-refractivity contribution in [2.75, 3.05) is 13.7 Å². The third-order valence-electron chi connectivity index (χ3n) is 3.37. The van der Waals surface area contributed by atoms with Crippen molar-refractivity contribution in [3.8, 4) is 11.5 Å². The molecule has 0 saturated carbocycles. The average Bonchev–Trinajstić information content (AvgIpc) is 2.55. The minimum absolute atomic E-state index is 0.0636. The summed E-state index contributed by atoms with van der Waals surface area (Å²) in [7, 11) is 1.58. The van der Waals surface area contributed by atoms with Gasteiger partial charge in [0.15, 0.2) is 11.5 Å². The summed E-state index contributed by atoms with van der Waals surface area (Å²) in [6, 6.07) is 15.0. The van der Waals surface area contributed by atoms with Gasteiger partial charge < -0.3 is 14.8 Å². The van der Waals surface area contributed by atoms with Gasteiger partial charge in [-0.2, -0.15) is 0 Å². The van der Waals surface area contributed by atoms with Crippen molar-refractivity contribution < 1.29 is 14.3 Å². The van der Waals surface area contributed by atoms with Crippen molar-refractivity contribution >= 4 is 5.91 Å². The molecule has 0 saturated heterocycles. The molecule has 0 aliphatic carbocycles. The Labute approximate surface area is 131 Å². The minimum Gasteiger partial charge on any atom is -0.493 e. The first-order valence-electron chi connectivity index (χ1n) is 7.32. The molecule has 2 aromatic rings. The normalized spacial score (nSPS) is 11.6. The van der Waals surface area contributed by atoms with Crippen LogP contribution in [0.3, 0.4) is 0 Å². The zero-order chi connectivity index (χ0) is 15.9. The second-order valence-corrected chi connectivity index (χ2v) is 4.90. The van der Waals surface area contributed by atoms with Gasteiger partial charge in [-0.15, -0.1) is 0 Å². The molecule has 4 heteroatoms. The Hall–Kier alpha value is -2.49. The highest BCUT2D eigenvalue weighted by Gasteiger charge is 2.14. The maximum absolute atomic E-state index is 12.4. The van der Waals surface area contributed by atoms with Gasteiger partial charge in [0, 0.05) is 5.56 Å². The molecule has 1 atom stereocenters. The van der Waals surface area contributed by atoms with Crippen molar-refractivity contribution in [3.05, 3.63) is 59.7 Å². The summed E-state index contributed by atoms with van der Waals surface area (Å²) in [5.41, 5.74) is 1.61. The maximum Gasteiger partial charge on any atom is 0.251 e. The van der Waals surface area contributed by atoms with Gasteiger partial charge in [-0.05, 0) is 37.6 Å². The number of rotatable bonds is 6. The molecule has 4 nitrogen and oxygen atoms in total. The second kappa shape index (κ2) is 7.50. The molecule has 1 N–H and O–H groups in total. The van der Waals surface area contributed by atoms with Crippen LogP contribution in [0.2, 0.25) is 0 Å². The summed E-state index contributed by atoms with van der Waals surface area (Å²) in [5.74, 6) is 1.06. The summed E-state index contributed by atoms with van der Waals surface area (Å²) in [4.78, 5) is 12.4. The summed E-state index contributed by atoms with van der Waals surface area (Å²) in [6.45, 7) is 4.37. The van der Waals surface area contributed by atoms with Crippen molar-refractivity contribution in [3.63, 3.8) is 0 Å². The van der Waals surface area contributed by atoms with Gasteiger partial charge in [-0.25, -0.2) is 0 Å². The molecule has 0 aliphatic heterocycles. The minimum atomic E-state index is -0.139. The van der Waals surface area contributed by atoms with E-state index in [0.29, 0.717) is 23.7 Å². The molecule has 2 aromatic carbocycles. The zero-order valence-electron chi connectivity index (χ0n) is 13.1. The van der Waals surface area contributed by atoms with E-state index in [4.69, 9.17) is 9.47 Å². The van der Waals surface area contributed by atoms with E-state index < -0.39 is 0 Å². The van der Waals surface area contributed by atoms with Gasteiger partial charge in [-0.1, -0.05) is 30.3 Å². The van der Waals surface area contributed by atoms with E-state index >= 15 is 0 Å². The van der Waals surface area contributed by atoms with Gasteiger partial charge in [0.05, 0.1) is 19.8 Å². The summed E-state index contributed by atoms with van der Waals surface area (Å²) in [5, 5.41) is 2.98. The fourth-order valence-corrected chi connectivity index (χ4v) is 2.19. The first-order valence-corrected chi connectivity index (χ1v) is 7.32. The van der Waals surface area contributed by atoms with E-state index in [-0.39, 0.29) is 11.9 Å². The van der Waals surface area contributed by atoms with E-state index in [9.17, 15) is 4.79 Å². The number of carbonyl (C=O) groups excluding carboxylic acids is 1. The number of ether oxygens (including phenoxy) is 2. The van der Waals surface area contributed by atoms with Crippen LogP contribution in [0.1, 0.15) is 35.8 Å². The van der Waals surface area contributed by atoms with Crippen LogP contribution in [0.15, 0.2) is 48.5 Å². The number of amides is 1. The highest BCUT2D eigenvalue weighted by Crippen LogP contribution is 2.28. The second-order valence-electron chi connectivity index (χ2n) is 4.90. The number of carbonyl (C=O) groups is 1. The lowest BCUT2D eigenvalue weighted by Gasteiger charge is -2.15. The van der Waals surface area contributed by atoms with Crippen LogP contribution < -0.4 is 14.8 Å². The molecule has 0 aliphatic rings. The maximum atomic E-state index is 12.4. The molecule has 116 valence electrons. The molecule has 0 aromatic heterocycles. The van der Waals surface area contributed by atoms with Crippen LogP contribution in [0.4, 0.5) is 0 Å². The Morgan fingerprint density at radius 2 is 1.86 bits per heavy atom. The Morgan fingerprint density at radius 1 is 1.14 bits per heavy atom. The van der Waals surface area contributed by atoms with Crippen LogP contribution in [0, 0.1) is 0 Å². The molecule has 1 amide bonds. The van der Waals surface area contributed by atoms with Crippen LogP contribution in [-0.2, 0) is 0 Å². The molecular weight excluding hydrogens is 278 g/mol. The third-order valence-corrected chi connectivity index (χ3v) is 3.37. The predicted molar refractivity (Wildman–Crippen MR) is 86.5 cm³/mol. The lowest BCUT2D eigenvalue weighted by Crippen LogP contribution is -2.26. The highest BCUT2D eigenvalue weighted by molar-refractivity contribution is 5.95. The van der Waals surface area contributed by atoms with Gasteiger partial charge in [0.1, 0.15) is 0 Å². The highest BCUT2D eigenvalue weighted by atomic mass is 16.5. The average molecular weight is 299 g/mol. The number of hydrogen-bond donors (Lipinski definition) is 1. The van der Waals surface area contributed by atoms with E-state index in [1.165, 1.54) is 0 Å². The van der Waals surface area contributed by atoms with Crippen molar-refractivity contribution in [2.24, 2.45) is 0 Å². The smallest absolute Gasteiger partial charge is 0.251 e. The first-order chi connectivity index (χ1) is 10.7. The standard InChI is InChI=1S/C18H21NO3/c1-4-22-17-12-15(10-11-16(17)21-3)18(20)19-13(2)14-8-6-5-7-9-14/h5-13H,4H2,1-3H3,(H,19,20)/t13-/m1/s1. The Bertz CT molecular complexity index is 625. The predicted octanol–water partition coefficient (Wildman–Crippen LogP) is 3.58. The zero-order valence-corrected chi connectivity index (χ0v) is 13.1. The van der Waals surface area contributed by atoms with E-state index in [2.05, 4.69) is 5.32 Å². The molecule has 0 fully saturated rings. The van der Waals surface area contributed by atoms with Gasteiger partial charge in [0.25, 0.3) is 5.91 Å². The lowest BCUT2D eigenvalue weighted by atomic mass is 10.1. The van der Waals surface area contributed by atoms with E-state index in [0.717, 1.165) is 5.56 Å². The molecule has 22 heavy (non-hydrogen) atoms. The topological polar surface area (TPSA) is 47.6 Å². The molecule has 0 radical (unpaired) electrons. The Morgan fingerprint density at radius 3 is 2.50 bits per heavy atom. The fraction of sp³-hybridized carbons (Fsp3) is 0.278. The van der Waals surface area contributed by atoms with E-state index in [1.54, 1.807) is 25.3 Å². The van der Waals surface area contributed by atoms with Gasteiger partial charge in [0.2, 0.25) is 0 Å². The molecule has 0 spiro atoms. The van der Waals surface area contributed by atoms with Crippen molar-refractivity contribution in [1.29, 1.82) is 0 Å². The summed E-state index contributed by atoms with van der Waals surface area (Å²) < 4.78 is 10.7. The summed E-state index contributed by atoms with van der Waals surface area (Å²) in [6.07, 6.45) is 0. The number of nitrogens with one attached hydrogen (secondary N) is 1. The summed E-state index contributed by atoms with van der Waals surface area (Å²) >= 11 is 0. The number of hydrogen-bond acceptors (Lipinski definition) is 3. The van der Waals surface area contributed by atoms with Gasteiger partial charge in [-0.3, -0.25) is 4.79 Å². The first kappa shape index (κ1) is 15.9. The van der Waals surface area contributed by atoms with Crippen LogP contribution in [0.25, 0.3) is 0 Å². The van der Waals surface area contributed by atoms with Crippen LogP contribution in [-0.4, -0.2) is 19.6 Å². The molecular formula is C18H21NO3. The van der Waals surface area contributed by atoms with Crippen molar-refractivity contribution in [1.82, 2.24) is 5.32 Å². The SMILES string of the molecule is CCOc1cc(C(=O)N[C@H](C)c2ccccc2)ccc1OC. The van der Waals surface area contributed by atoms with Gasteiger partial charge >= 0.3 is 0 Å². The largest absolute Gasteiger partial charge is 0.493 e. The number of benzene rings is 2. The van der Waals surface area contributed by atoms with Crippen LogP contribution in [0.5, 0.6) is 11.5 Å². The van der Waals surface area contributed by atoms with Crippen molar-refractivity contribution in [2.45, 2.75) is 19.9 Å². The Balaban J connectivity index is 2.14. The number of methoxy groups -OCH3 is 1. The molecule has 0 heterocycles. The van der Waals surface area contributed by atoms with E-state index in [1.807, 2.05) is 44.2 Å². The molecule has 0 unspecified atom stereocenters. The lowest BCUT2D eigenvalue weighted by molar-refractivity contribution is 0.0939. The Kier molecular flexibility index (Phi) is 5.42. The monoisotopic (exact) mass is 299 g/mol. The van der Waals surface area contributed by atoms with Crippen LogP contribution >= 0.6 is 0 Å². The third kappa shape index (κ3) is 3.79. The molecule has 0 bridgehead atoms. The quantitative estimate of drug-likeness (QED) is 0.887. The fourth-order valence-electron chi connectivity index (χ4n) is 2.19. The molecule has 2 rings (SSSR count).